The first-order valence-electron chi connectivity index (χ1n) is 9.49. The molecule has 1 saturated carbocycles. The summed E-state index contributed by atoms with van der Waals surface area (Å²) < 4.78 is 0. The number of hydrogen-bond donors (Lipinski definition) is 3. The lowest BCUT2D eigenvalue weighted by atomic mass is 9.64. The molecule has 3 rings (SSSR count). The van der Waals surface area contributed by atoms with Crippen molar-refractivity contribution in [2.75, 3.05) is 6.61 Å². The van der Waals surface area contributed by atoms with Crippen LogP contribution in [0, 0.1) is 17.3 Å². The highest BCUT2D eigenvalue weighted by molar-refractivity contribution is 5.36. The van der Waals surface area contributed by atoms with Crippen molar-refractivity contribution >= 4 is 0 Å². The van der Waals surface area contributed by atoms with Crippen LogP contribution < -0.4 is 0 Å². The van der Waals surface area contributed by atoms with Gasteiger partial charge in [-0.25, -0.2) is 0 Å². The first-order chi connectivity index (χ1) is 11.5. The van der Waals surface area contributed by atoms with Crippen LogP contribution >= 0.6 is 0 Å². The Hall–Kier alpha value is -0.900. The molecule has 0 aliphatic heterocycles. The largest absolute Gasteiger partial charge is 0.394 e. The second-order valence-corrected chi connectivity index (χ2v) is 8.27. The average molecular weight is 332 g/mol. The van der Waals surface area contributed by atoms with E-state index in [4.69, 9.17) is 0 Å². The lowest BCUT2D eigenvalue weighted by Gasteiger charge is -2.42. The zero-order valence-corrected chi connectivity index (χ0v) is 15.0. The molecule has 0 spiro atoms. The quantitative estimate of drug-likeness (QED) is 0.738. The van der Waals surface area contributed by atoms with Crippen molar-refractivity contribution < 1.29 is 15.3 Å². The predicted molar refractivity (Wildman–Crippen MR) is 96.4 cm³/mol. The minimum absolute atomic E-state index is 0.0894. The zero-order valence-electron chi connectivity index (χ0n) is 15.0. The molecule has 24 heavy (non-hydrogen) atoms. The smallest absolute Gasteiger partial charge is 0.0804 e. The normalized spacial score (nSPS) is 38.4. The van der Waals surface area contributed by atoms with Gasteiger partial charge in [0.25, 0.3) is 0 Å². The summed E-state index contributed by atoms with van der Waals surface area (Å²) in [6.07, 6.45) is 12.9. The topological polar surface area (TPSA) is 60.7 Å². The van der Waals surface area contributed by atoms with Crippen LogP contribution in [0.4, 0.5) is 0 Å². The van der Waals surface area contributed by atoms with Crippen LogP contribution in [0.15, 0.2) is 34.9 Å². The van der Waals surface area contributed by atoms with Gasteiger partial charge in [0.1, 0.15) is 0 Å². The van der Waals surface area contributed by atoms with Crippen LogP contribution in [0.5, 0.6) is 0 Å². The van der Waals surface area contributed by atoms with Gasteiger partial charge in [0.2, 0.25) is 0 Å². The second-order valence-electron chi connectivity index (χ2n) is 8.27. The van der Waals surface area contributed by atoms with Gasteiger partial charge in [-0.05, 0) is 80.3 Å². The Kier molecular flexibility index (Phi) is 5.33. The average Bonchev–Trinajstić information content (AvgIpc) is 2.92. The fourth-order valence-corrected chi connectivity index (χ4v) is 5.29. The Labute approximate surface area is 145 Å². The van der Waals surface area contributed by atoms with E-state index in [1.807, 2.05) is 0 Å². The summed E-state index contributed by atoms with van der Waals surface area (Å²) in [5.74, 6) is 0.671. The fourth-order valence-electron chi connectivity index (χ4n) is 5.29. The van der Waals surface area contributed by atoms with Gasteiger partial charge in [-0.15, -0.1) is 0 Å². The summed E-state index contributed by atoms with van der Waals surface area (Å²) in [6, 6.07) is 0. The van der Waals surface area contributed by atoms with Crippen LogP contribution in [0.3, 0.4) is 0 Å². The monoisotopic (exact) mass is 332 g/mol. The van der Waals surface area contributed by atoms with E-state index < -0.39 is 6.10 Å². The maximum absolute atomic E-state index is 10.2. The van der Waals surface area contributed by atoms with Gasteiger partial charge in [-0.2, -0.15) is 0 Å². The molecule has 134 valence electrons. The van der Waals surface area contributed by atoms with Gasteiger partial charge in [0, 0.05) is 0 Å². The molecule has 3 nitrogen and oxygen atoms in total. The third kappa shape index (κ3) is 3.26. The van der Waals surface area contributed by atoms with Crippen molar-refractivity contribution in [2.45, 2.75) is 71.0 Å². The fraction of sp³-hybridized carbons (Fsp3) is 0.714. The Morgan fingerprint density at radius 2 is 2.08 bits per heavy atom. The first kappa shape index (κ1) is 17.9. The van der Waals surface area contributed by atoms with E-state index >= 15 is 0 Å². The van der Waals surface area contributed by atoms with E-state index in [2.05, 4.69) is 32.1 Å². The Bertz CT molecular complexity index is 559. The standard InChI is InChI=1S/C21H32O3/c1-14-5-8-17(23)12-16(14)7-6-15-4-3-11-21(2)18(15)9-10-19(21)20(24)13-22/h4,6-7,17-20,22-24H,3,5,8-13H2,1-2H3/b7-6+/t17-,18-,19+,20-,21-/m0/s1. The molecule has 1 fully saturated rings. The van der Waals surface area contributed by atoms with Crippen molar-refractivity contribution in [2.24, 2.45) is 17.3 Å². The molecule has 0 bridgehead atoms. The van der Waals surface area contributed by atoms with Crippen molar-refractivity contribution in [3.05, 3.63) is 34.9 Å². The minimum atomic E-state index is -0.596. The van der Waals surface area contributed by atoms with E-state index in [0.717, 1.165) is 44.9 Å². The molecule has 3 N–H and O–H groups in total. The number of fused-ring (bicyclic) bond motifs is 1. The highest BCUT2D eigenvalue weighted by Crippen LogP contribution is 2.57. The van der Waals surface area contributed by atoms with Crippen molar-refractivity contribution in [1.82, 2.24) is 0 Å². The summed E-state index contributed by atoms with van der Waals surface area (Å²) in [5.41, 5.74) is 4.16. The van der Waals surface area contributed by atoms with E-state index in [1.165, 1.54) is 16.7 Å². The molecule has 0 amide bonds. The number of aliphatic hydroxyl groups is 3. The molecule has 0 saturated heterocycles. The molecule has 0 unspecified atom stereocenters. The Morgan fingerprint density at radius 1 is 1.29 bits per heavy atom. The van der Waals surface area contributed by atoms with E-state index in [-0.39, 0.29) is 24.0 Å². The minimum Gasteiger partial charge on any atom is -0.394 e. The third-order valence-electron chi connectivity index (χ3n) is 6.86. The summed E-state index contributed by atoms with van der Waals surface area (Å²) in [4.78, 5) is 0. The summed E-state index contributed by atoms with van der Waals surface area (Å²) in [5, 5.41) is 29.5. The van der Waals surface area contributed by atoms with Gasteiger partial charge >= 0.3 is 0 Å². The molecule has 3 heteroatoms. The Morgan fingerprint density at radius 3 is 2.83 bits per heavy atom. The third-order valence-corrected chi connectivity index (χ3v) is 6.86. The lowest BCUT2D eigenvalue weighted by Crippen LogP contribution is -2.39. The molecule has 0 aromatic carbocycles. The maximum Gasteiger partial charge on any atom is 0.0804 e. The molecule has 5 atom stereocenters. The van der Waals surface area contributed by atoms with Gasteiger partial charge in [0.15, 0.2) is 0 Å². The molecule has 0 aromatic heterocycles. The van der Waals surface area contributed by atoms with Gasteiger partial charge < -0.3 is 15.3 Å². The number of allylic oxidation sites excluding steroid dienone is 5. The maximum atomic E-state index is 10.2. The number of hydrogen-bond acceptors (Lipinski definition) is 3. The van der Waals surface area contributed by atoms with Crippen molar-refractivity contribution in [1.29, 1.82) is 0 Å². The molecule has 0 aromatic rings. The van der Waals surface area contributed by atoms with Crippen LogP contribution in [-0.4, -0.2) is 34.1 Å². The van der Waals surface area contributed by atoms with Gasteiger partial charge in [-0.1, -0.05) is 30.7 Å². The second kappa shape index (κ2) is 7.15. The molecule has 0 radical (unpaired) electrons. The summed E-state index contributed by atoms with van der Waals surface area (Å²) >= 11 is 0. The summed E-state index contributed by atoms with van der Waals surface area (Å²) in [7, 11) is 0. The summed E-state index contributed by atoms with van der Waals surface area (Å²) in [6.45, 7) is 4.34. The Balaban J connectivity index is 1.78. The van der Waals surface area contributed by atoms with Crippen LogP contribution in [0.1, 0.15) is 58.8 Å². The van der Waals surface area contributed by atoms with Gasteiger partial charge in [-0.3, -0.25) is 0 Å². The molecule has 3 aliphatic carbocycles. The predicted octanol–water partition coefficient (Wildman–Crippen LogP) is 3.51. The van der Waals surface area contributed by atoms with Crippen LogP contribution in [-0.2, 0) is 0 Å². The molecular weight excluding hydrogens is 300 g/mol. The van der Waals surface area contributed by atoms with Crippen molar-refractivity contribution in [3.8, 4) is 0 Å². The first-order valence-corrected chi connectivity index (χ1v) is 9.49. The lowest BCUT2D eigenvalue weighted by molar-refractivity contribution is -0.00841. The number of rotatable bonds is 4. The SMILES string of the molecule is CC1=C(/C=C/C2=CCC[C@]3(C)[C@@H]([C@@H](O)CO)CC[C@@H]23)C[C@@H](O)CC1. The van der Waals surface area contributed by atoms with E-state index in [1.54, 1.807) is 0 Å². The zero-order chi connectivity index (χ0) is 17.3. The number of aliphatic hydroxyl groups excluding tert-OH is 3. The molecule has 0 heterocycles. The molecule has 3 aliphatic rings. The van der Waals surface area contributed by atoms with Gasteiger partial charge in [0.05, 0.1) is 18.8 Å². The molecular formula is C21H32O3. The highest BCUT2D eigenvalue weighted by atomic mass is 16.3. The van der Waals surface area contributed by atoms with Crippen molar-refractivity contribution in [3.63, 3.8) is 0 Å². The van der Waals surface area contributed by atoms with E-state index in [0.29, 0.717) is 5.92 Å². The van der Waals surface area contributed by atoms with Crippen LogP contribution in [0.25, 0.3) is 0 Å². The highest BCUT2D eigenvalue weighted by Gasteiger charge is 2.50. The van der Waals surface area contributed by atoms with Crippen LogP contribution in [0.2, 0.25) is 0 Å². The van der Waals surface area contributed by atoms with E-state index in [9.17, 15) is 15.3 Å².